The maximum atomic E-state index is 5.24. The van der Waals surface area contributed by atoms with Gasteiger partial charge in [-0.25, -0.2) is 0 Å². The first-order valence-electron chi connectivity index (χ1n) is 4.74. The van der Waals surface area contributed by atoms with Crippen LogP contribution in [-0.4, -0.2) is 14.2 Å². The maximum absolute atomic E-state index is 5.24. The van der Waals surface area contributed by atoms with Gasteiger partial charge in [0.1, 0.15) is 0 Å². The molecule has 1 rings (SSSR count). The van der Waals surface area contributed by atoms with Crippen LogP contribution < -0.4 is 9.47 Å². The number of allylic oxidation sites excluding steroid dienone is 2. The maximum Gasteiger partial charge on any atom is 0.161 e. The molecular weight excluding hydrogens is 256 g/mol. The number of hydrogen-bond acceptors (Lipinski definition) is 2. The van der Waals surface area contributed by atoms with E-state index < -0.39 is 0 Å². The molecule has 0 spiro atoms. The Morgan fingerprint density at radius 3 is 2.33 bits per heavy atom. The summed E-state index contributed by atoms with van der Waals surface area (Å²) in [5, 5.41) is 0. The lowest BCUT2D eigenvalue weighted by atomic mass is 10.1. The molecule has 0 aromatic heterocycles. The molecule has 15 heavy (non-hydrogen) atoms. The van der Waals surface area contributed by atoms with Gasteiger partial charge in [0, 0.05) is 4.47 Å². The van der Waals surface area contributed by atoms with Gasteiger partial charge in [0.2, 0.25) is 0 Å². The average molecular weight is 271 g/mol. The molecule has 0 radical (unpaired) electrons. The molecule has 0 unspecified atom stereocenters. The van der Waals surface area contributed by atoms with Crippen molar-refractivity contribution in [3.05, 3.63) is 34.3 Å². The molecule has 0 heterocycles. The first kappa shape index (κ1) is 12.1. The first-order chi connectivity index (χ1) is 7.22. The average Bonchev–Trinajstić information content (AvgIpc) is 2.27. The molecule has 0 fully saturated rings. The fourth-order valence-corrected chi connectivity index (χ4v) is 1.78. The highest BCUT2D eigenvalue weighted by molar-refractivity contribution is 9.10. The van der Waals surface area contributed by atoms with Crippen molar-refractivity contribution in [2.24, 2.45) is 0 Å². The molecule has 0 aliphatic rings. The van der Waals surface area contributed by atoms with E-state index in [1.807, 2.05) is 25.1 Å². The van der Waals surface area contributed by atoms with E-state index in [9.17, 15) is 0 Å². The van der Waals surface area contributed by atoms with Crippen LogP contribution in [0.15, 0.2) is 28.8 Å². The van der Waals surface area contributed by atoms with Gasteiger partial charge in [-0.3, -0.25) is 0 Å². The standard InChI is InChI=1S/C12H15BrO2/c1-4-5-6-9-7-11(14-2)12(15-3)8-10(9)13/h4-5,7-8H,6H2,1-3H3. The van der Waals surface area contributed by atoms with E-state index in [4.69, 9.17) is 9.47 Å². The smallest absolute Gasteiger partial charge is 0.161 e. The summed E-state index contributed by atoms with van der Waals surface area (Å²) in [4.78, 5) is 0. The van der Waals surface area contributed by atoms with Gasteiger partial charge in [0.05, 0.1) is 14.2 Å². The Hall–Kier alpha value is -0.960. The predicted octanol–water partition coefficient (Wildman–Crippen LogP) is 3.58. The van der Waals surface area contributed by atoms with E-state index in [1.165, 1.54) is 5.56 Å². The Kier molecular flexibility index (Phi) is 4.69. The number of benzene rings is 1. The number of methoxy groups -OCH3 is 2. The molecule has 1 aromatic rings. The quantitative estimate of drug-likeness (QED) is 0.779. The van der Waals surface area contributed by atoms with Crippen LogP contribution in [0.1, 0.15) is 12.5 Å². The molecule has 2 nitrogen and oxygen atoms in total. The van der Waals surface area contributed by atoms with Gasteiger partial charge in [-0.2, -0.15) is 0 Å². The molecular formula is C12H15BrO2. The summed E-state index contributed by atoms with van der Waals surface area (Å²) in [5.41, 5.74) is 1.19. The third-order valence-corrected chi connectivity index (χ3v) is 2.86. The summed E-state index contributed by atoms with van der Waals surface area (Å²) < 4.78 is 11.5. The Morgan fingerprint density at radius 1 is 1.20 bits per heavy atom. The van der Waals surface area contributed by atoms with Crippen molar-refractivity contribution < 1.29 is 9.47 Å². The zero-order valence-electron chi connectivity index (χ0n) is 9.21. The van der Waals surface area contributed by atoms with Gasteiger partial charge in [-0.05, 0) is 31.0 Å². The van der Waals surface area contributed by atoms with E-state index in [2.05, 4.69) is 22.0 Å². The number of rotatable bonds is 4. The SMILES string of the molecule is CC=CCc1cc(OC)c(OC)cc1Br. The van der Waals surface area contributed by atoms with Crippen molar-refractivity contribution in [1.29, 1.82) is 0 Å². The molecule has 82 valence electrons. The van der Waals surface area contributed by atoms with Crippen molar-refractivity contribution in [1.82, 2.24) is 0 Å². The van der Waals surface area contributed by atoms with Crippen LogP contribution in [0.4, 0.5) is 0 Å². The second-order valence-electron chi connectivity index (χ2n) is 3.07. The molecule has 0 aliphatic carbocycles. The predicted molar refractivity (Wildman–Crippen MR) is 65.8 cm³/mol. The molecule has 0 bridgehead atoms. The molecule has 0 aliphatic heterocycles. The van der Waals surface area contributed by atoms with Crippen LogP contribution in [0.2, 0.25) is 0 Å². The van der Waals surface area contributed by atoms with Gasteiger partial charge in [0.15, 0.2) is 11.5 Å². The fourth-order valence-electron chi connectivity index (χ4n) is 1.30. The van der Waals surface area contributed by atoms with Gasteiger partial charge in [0.25, 0.3) is 0 Å². The van der Waals surface area contributed by atoms with E-state index in [0.29, 0.717) is 0 Å². The minimum atomic E-state index is 0.744. The molecule has 0 N–H and O–H groups in total. The lowest BCUT2D eigenvalue weighted by Crippen LogP contribution is -1.93. The lowest BCUT2D eigenvalue weighted by molar-refractivity contribution is 0.354. The summed E-state index contributed by atoms with van der Waals surface area (Å²) in [6, 6.07) is 3.92. The molecule has 0 saturated heterocycles. The lowest BCUT2D eigenvalue weighted by Gasteiger charge is -2.10. The van der Waals surface area contributed by atoms with Crippen LogP contribution in [-0.2, 0) is 6.42 Å². The van der Waals surface area contributed by atoms with Gasteiger partial charge in [-0.1, -0.05) is 28.1 Å². The van der Waals surface area contributed by atoms with Gasteiger partial charge < -0.3 is 9.47 Å². The van der Waals surface area contributed by atoms with Gasteiger partial charge in [-0.15, -0.1) is 0 Å². The zero-order chi connectivity index (χ0) is 11.3. The molecule has 0 saturated carbocycles. The minimum absolute atomic E-state index is 0.744. The van der Waals surface area contributed by atoms with Crippen LogP contribution in [0, 0.1) is 0 Å². The molecule has 3 heteroatoms. The normalized spacial score (nSPS) is 10.7. The highest BCUT2D eigenvalue weighted by Gasteiger charge is 2.08. The Labute approximate surface area is 99.0 Å². The third kappa shape index (κ3) is 2.99. The van der Waals surface area contributed by atoms with Crippen molar-refractivity contribution in [2.75, 3.05) is 14.2 Å². The highest BCUT2D eigenvalue weighted by atomic mass is 79.9. The largest absolute Gasteiger partial charge is 0.493 e. The van der Waals surface area contributed by atoms with Crippen molar-refractivity contribution in [3.8, 4) is 11.5 Å². The van der Waals surface area contributed by atoms with E-state index in [-0.39, 0.29) is 0 Å². The molecule has 0 amide bonds. The number of hydrogen-bond donors (Lipinski definition) is 0. The highest BCUT2D eigenvalue weighted by Crippen LogP contribution is 2.33. The summed E-state index contributed by atoms with van der Waals surface area (Å²) in [6.07, 6.45) is 5.02. The van der Waals surface area contributed by atoms with Crippen molar-refractivity contribution >= 4 is 15.9 Å². The first-order valence-corrected chi connectivity index (χ1v) is 5.53. The summed E-state index contributed by atoms with van der Waals surface area (Å²) >= 11 is 3.51. The van der Waals surface area contributed by atoms with Crippen LogP contribution in [0.5, 0.6) is 11.5 Å². The van der Waals surface area contributed by atoms with Crippen LogP contribution in [0.3, 0.4) is 0 Å². The fraction of sp³-hybridized carbons (Fsp3) is 0.333. The summed E-state index contributed by atoms with van der Waals surface area (Å²) in [7, 11) is 3.28. The Bertz CT molecular complexity index is 359. The second-order valence-corrected chi connectivity index (χ2v) is 3.93. The number of ether oxygens (including phenoxy) is 2. The van der Waals surface area contributed by atoms with Gasteiger partial charge >= 0.3 is 0 Å². The third-order valence-electron chi connectivity index (χ3n) is 2.13. The molecule has 0 atom stereocenters. The summed E-state index contributed by atoms with van der Waals surface area (Å²) in [6.45, 7) is 2.01. The number of halogens is 1. The van der Waals surface area contributed by atoms with E-state index in [0.717, 1.165) is 22.4 Å². The molecule has 1 aromatic carbocycles. The van der Waals surface area contributed by atoms with Crippen molar-refractivity contribution in [3.63, 3.8) is 0 Å². The second kappa shape index (κ2) is 5.81. The van der Waals surface area contributed by atoms with E-state index >= 15 is 0 Å². The van der Waals surface area contributed by atoms with Crippen LogP contribution in [0.25, 0.3) is 0 Å². The van der Waals surface area contributed by atoms with Crippen LogP contribution >= 0.6 is 15.9 Å². The zero-order valence-corrected chi connectivity index (χ0v) is 10.8. The Morgan fingerprint density at radius 2 is 1.80 bits per heavy atom. The monoisotopic (exact) mass is 270 g/mol. The van der Waals surface area contributed by atoms with E-state index in [1.54, 1.807) is 14.2 Å². The topological polar surface area (TPSA) is 18.5 Å². The van der Waals surface area contributed by atoms with Crippen molar-refractivity contribution in [2.45, 2.75) is 13.3 Å². The summed E-state index contributed by atoms with van der Waals surface area (Å²) in [5.74, 6) is 1.51. The Balaban J connectivity index is 3.07. The minimum Gasteiger partial charge on any atom is -0.493 e.